The fourth-order valence-electron chi connectivity index (χ4n) is 2.74. The van der Waals surface area contributed by atoms with Crippen molar-refractivity contribution in [3.63, 3.8) is 0 Å². The second-order valence-electron chi connectivity index (χ2n) is 7.79. The Morgan fingerprint density at radius 3 is 2.00 bits per heavy atom. The fourth-order valence-corrected chi connectivity index (χ4v) is 2.74. The van der Waals surface area contributed by atoms with Gasteiger partial charge in [0.25, 0.3) is 0 Å². The molecule has 0 bridgehead atoms. The van der Waals surface area contributed by atoms with Gasteiger partial charge >= 0.3 is 0 Å². The first-order chi connectivity index (χ1) is 7.12. The highest BCUT2D eigenvalue weighted by molar-refractivity contribution is 5.06. The number of likely N-dealkylation sites (tertiary alicyclic amines) is 1. The van der Waals surface area contributed by atoms with Crippen LogP contribution in [0.3, 0.4) is 0 Å². The van der Waals surface area contributed by atoms with Crippen molar-refractivity contribution in [2.75, 3.05) is 19.7 Å². The van der Waals surface area contributed by atoms with Gasteiger partial charge in [-0.3, -0.25) is 4.90 Å². The second kappa shape index (κ2) is 3.46. The molecule has 0 amide bonds. The maximum absolute atomic E-state index is 6.10. The van der Waals surface area contributed by atoms with Gasteiger partial charge in [-0.05, 0) is 38.5 Å². The van der Waals surface area contributed by atoms with Gasteiger partial charge in [-0.1, -0.05) is 20.8 Å². The van der Waals surface area contributed by atoms with E-state index in [1.807, 2.05) is 0 Å². The van der Waals surface area contributed by atoms with E-state index in [0.717, 1.165) is 25.6 Å². The number of rotatable bonds is 0. The summed E-state index contributed by atoms with van der Waals surface area (Å²) in [5.41, 5.74) is 0.894. The lowest BCUT2D eigenvalue weighted by Crippen LogP contribution is -2.66. The topological polar surface area (TPSA) is 12.5 Å². The molecule has 0 radical (unpaired) electrons. The SMILES string of the molecule is CC(C)(C)C1COC2(C1)CN(C(C)(C)C)C2. The lowest BCUT2D eigenvalue weighted by molar-refractivity contribution is -0.140. The molecule has 2 nitrogen and oxygen atoms in total. The Hall–Kier alpha value is -0.0800. The van der Waals surface area contributed by atoms with E-state index in [4.69, 9.17) is 4.74 Å². The summed E-state index contributed by atoms with van der Waals surface area (Å²) >= 11 is 0. The number of nitrogens with zero attached hydrogens (tertiary/aromatic N) is 1. The lowest BCUT2D eigenvalue weighted by atomic mass is 9.74. The summed E-state index contributed by atoms with van der Waals surface area (Å²) < 4.78 is 6.10. The van der Waals surface area contributed by atoms with Crippen molar-refractivity contribution in [3.8, 4) is 0 Å². The Kier molecular flexibility index (Phi) is 2.67. The van der Waals surface area contributed by atoms with Crippen LogP contribution in [0.1, 0.15) is 48.0 Å². The molecule has 2 heterocycles. The molecule has 94 valence electrons. The van der Waals surface area contributed by atoms with Crippen LogP contribution in [-0.2, 0) is 4.74 Å². The molecule has 2 rings (SSSR count). The standard InChI is InChI=1S/C14H27NO/c1-12(2,3)11-7-14(16-8-11)9-15(10-14)13(4,5)6/h11H,7-10H2,1-6H3. The van der Waals surface area contributed by atoms with Gasteiger partial charge in [-0.15, -0.1) is 0 Å². The lowest BCUT2D eigenvalue weighted by Gasteiger charge is -2.53. The smallest absolute Gasteiger partial charge is 0.0939 e. The van der Waals surface area contributed by atoms with Gasteiger partial charge in [-0.25, -0.2) is 0 Å². The molecule has 0 aromatic heterocycles. The van der Waals surface area contributed by atoms with E-state index in [0.29, 0.717) is 11.0 Å². The molecular formula is C14H27NO. The van der Waals surface area contributed by atoms with Crippen molar-refractivity contribution in [2.45, 2.75) is 59.1 Å². The molecule has 2 heteroatoms. The normalized spacial score (nSPS) is 30.8. The molecule has 1 unspecified atom stereocenters. The van der Waals surface area contributed by atoms with Gasteiger partial charge in [0, 0.05) is 18.6 Å². The average Bonchev–Trinajstić information content (AvgIpc) is 2.41. The van der Waals surface area contributed by atoms with E-state index >= 15 is 0 Å². The van der Waals surface area contributed by atoms with Crippen LogP contribution in [0.2, 0.25) is 0 Å². The zero-order valence-corrected chi connectivity index (χ0v) is 11.8. The van der Waals surface area contributed by atoms with Gasteiger partial charge in [0.2, 0.25) is 0 Å². The largest absolute Gasteiger partial charge is 0.372 e. The number of hydrogen-bond donors (Lipinski definition) is 0. The highest BCUT2D eigenvalue weighted by Crippen LogP contribution is 2.45. The molecule has 0 aromatic carbocycles. The van der Waals surface area contributed by atoms with E-state index in [1.54, 1.807) is 0 Å². The minimum atomic E-state index is 0.200. The summed E-state index contributed by atoms with van der Waals surface area (Å²) in [5, 5.41) is 0. The molecule has 2 saturated heterocycles. The number of ether oxygens (including phenoxy) is 1. The predicted molar refractivity (Wildman–Crippen MR) is 67.6 cm³/mol. The Labute approximate surface area is 100 Å². The molecule has 2 fully saturated rings. The van der Waals surface area contributed by atoms with Crippen LogP contribution in [-0.4, -0.2) is 35.7 Å². The van der Waals surface area contributed by atoms with Gasteiger partial charge in [0.15, 0.2) is 0 Å². The summed E-state index contributed by atoms with van der Waals surface area (Å²) in [5.74, 6) is 0.731. The van der Waals surface area contributed by atoms with Crippen molar-refractivity contribution < 1.29 is 4.74 Å². The van der Waals surface area contributed by atoms with Gasteiger partial charge in [-0.2, -0.15) is 0 Å². The highest BCUT2D eigenvalue weighted by atomic mass is 16.5. The predicted octanol–water partition coefficient (Wildman–Crippen LogP) is 2.92. The third-order valence-corrected chi connectivity index (χ3v) is 4.34. The summed E-state index contributed by atoms with van der Waals surface area (Å²) in [6.45, 7) is 17.1. The molecule has 1 atom stereocenters. The van der Waals surface area contributed by atoms with E-state index in [-0.39, 0.29) is 5.60 Å². The van der Waals surface area contributed by atoms with Crippen molar-refractivity contribution in [2.24, 2.45) is 11.3 Å². The molecule has 0 aromatic rings. The Morgan fingerprint density at radius 2 is 1.62 bits per heavy atom. The zero-order chi connectivity index (χ0) is 12.2. The minimum absolute atomic E-state index is 0.200. The van der Waals surface area contributed by atoms with Crippen LogP contribution in [0, 0.1) is 11.3 Å². The summed E-state index contributed by atoms with van der Waals surface area (Å²) in [4.78, 5) is 2.53. The maximum atomic E-state index is 6.10. The Morgan fingerprint density at radius 1 is 1.06 bits per heavy atom. The third-order valence-electron chi connectivity index (χ3n) is 4.34. The Balaban J connectivity index is 1.92. The van der Waals surface area contributed by atoms with Crippen LogP contribution in [0.15, 0.2) is 0 Å². The zero-order valence-electron chi connectivity index (χ0n) is 11.8. The van der Waals surface area contributed by atoms with E-state index in [2.05, 4.69) is 46.4 Å². The molecule has 0 saturated carbocycles. The van der Waals surface area contributed by atoms with Gasteiger partial charge in [0.05, 0.1) is 12.2 Å². The van der Waals surface area contributed by atoms with Crippen LogP contribution in [0.4, 0.5) is 0 Å². The molecule has 16 heavy (non-hydrogen) atoms. The van der Waals surface area contributed by atoms with Gasteiger partial charge < -0.3 is 4.74 Å². The van der Waals surface area contributed by atoms with Crippen LogP contribution in [0.5, 0.6) is 0 Å². The molecule has 2 aliphatic heterocycles. The summed E-state index contributed by atoms with van der Waals surface area (Å²) in [6.07, 6.45) is 1.25. The Bertz CT molecular complexity index is 265. The van der Waals surface area contributed by atoms with Crippen molar-refractivity contribution >= 4 is 0 Å². The summed E-state index contributed by atoms with van der Waals surface area (Å²) in [6, 6.07) is 0. The molecular weight excluding hydrogens is 198 g/mol. The molecule has 0 aliphatic carbocycles. The fraction of sp³-hybridized carbons (Fsp3) is 1.00. The first-order valence-corrected chi connectivity index (χ1v) is 6.51. The number of hydrogen-bond acceptors (Lipinski definition) is 2. The van der Waals surface area contributed by atoms with Crippen LogP contribution < -0.4 is 0 Å². The molecule has 2 aliphatic rings. The van der Waals surface area contributed by atoms with Crippen LogP contribution in [0.25, 0.3) is 0 Å². The van der Waals surface area contributed by atoms with Crippen molar-refractivity contribution in [1.29, 1.82) is 0 Å². The first-order valence-electron chi connectivity index (χ1n) is 6.51. The van der Waals surface area contributed by atoms with Crippen molar-refractivity contribution in [1.82, 2.24) is 4.90 Å². The molecule has 0 N–H and O–H groups in total. The third kappa shape index (κ3) is 2.14. The van der Waals surface area contributed by atoms with Gasteiger partial charge in [0.1, 0.15) is 0 Å². The first kappa shape index (κ1) is 12.4. The average molecular weight is 225 g/mol. The van der Waals surface area contributed by atoms with E-state index in [9.17, 15) is 0 Å². The maximum Gasteiger partial charge on any atom is 0.0939 e. The van der Waals surface area contributed by atoms with Crippen LogP contribution >= 0.6 is 0 Å². The monoisotopic (exact) mass is 225 g/mol. The minimum Gasteiger partial charge on any atom is -0.372 e. The second-order valence-corrected chi connectivity index (χ2v) is 7.79. The quantitative estimate of drug-likeness (QED) is 0.628. The van der Waals surface area contributed by atoms with E-state index < -0.39 is 0 Å². The van der Waals surface area contributed by atoms with Crippen molar-refractivity contribution in [3.05, 3.63) is 0 Å². The molecule has 1 spiro atoms. The highest BCUT2D eigenvalue weighted by Gasteiger charge is 2.53. The van der Waals surface area contributed by atoms with E-state index in [1.165, 1.54) is 6.42 Å². The summed E-state index contributed by atoms with van der Waals surface area (Å²) in [7, 11) is 0.